The summed E-state index contributed by atoms with van der Waals surface area (Å²) in [6, 6.07) is 4.61. The van der Waals surface area contributed by atoms with Crippen molar-refractivity contribution in [2.75, 3.05) is 5.32 Å². The Morgan fingerprint density at radius 2 is 1.97 bits per heavy atom. The molecule has 0 aliphatic heterocycles. The van der Waals surface area contributed by atoms with Gasteiger partial charge in [-0.1, -0.05) is 18.0 Å². The third kappa shape index (κ3) is 4.69. The summed E-state index contributed by atoms with van der Waals surface area (Å²) in [6.45, 7) is 0. The average molecular weight is 466 g/mol. The maximum atomic E-state index is 12.8. The zero-order chi connectivity index (χ0) is 22.9. The van der Waals surface area contributed by atoms with Crippen molar-refractivity contribution in [3.05, 3.63) is 41.8 Å². The van der Waals surface area contributed by atoms with E-state index in [9.17, 15) is 22.8 Å². The minimum atomic E-state index is -4.95. The van der Waals surface area contributed by atoms with Gasteiger partial charge in [-0.3, -0.25) is 9.59 Å². The highest BCUT2D eigenvalue weighted by Crippen LogP contribution is 2.34. The summed E-state index contributed by atoms with van der Waals surface area (Å²) in [5, 5.41) is 5.95. The highest BCUT2D eigenvalue weighted by molar-refractivity contribution is 6.33. The number of hydrogen-bond donors (Lipinski definition) is 3. The number of pyridine rings is 2. The van der Waals surface area contributed by atoms with Gasteiger partial charge < -0.3 is 15.6 Å². The van der Waals surface area contributed by atoms with Crippen molar-refractivity contribution in [3.63, 3.8) is 0 Å². The van der Waals surface area contributed by atoms with E-state index in [0.717, 1.165) is 10.9 Å². The highest BCUT2D eigenvalue weighted by Gasteiger charge is 2.40. The van der Waals surface area contributed by atoms with Crippen LogP contribution in [0.5, 0.6) is 0 Å². The van der Waals surface area contributed by atoms with Crippen LogP contribution in [0.3, 0.4) is 0 Å². The molecule has 0 bridgehead atoms. The zero-order valence-corrected chi connectivity index (χ0v) is 17.4. The van der Waals surface area contributed by atoms with Crippen LogP contribution in [0.2, 0.25) is 5.02 Å². The Morgan fingerprint density at radius 1 is 1.16 bits per heavy atom. The highest BCUT2D eigenvalue weighted by atomic mass is 35.5. The van der Waals surface area contributed by atoms with Crippen molar-refractivity contribution in [2.24, 2.45) is 5.92 Å². The fourth-order valence-electron chi connectivity index (χ4n) is 3.96. The number of H-pyrrole nitrogens is 1. The normalized spacial score (nSPS) is 19.0. The Bertz CT molecular complexity index is 1160. The molecule has 11 heteroatoms. The van der Waals surface area contributed by atoms with Crippen LogP contribution in [0, 0.1) is 5.92 Å². The number of nitrogens with one attached hydrogen (secondary N) is 3. The minimum Gasteiger partial charge on any atom is -0.346 e. The number of alkyl halides is 3. The van der Waals surface area contributed by atoms with Crippen molar-refractivity contribution in [1.29, 1.82) is 0 Å². The second-order valence-corrected chi connectivity index (χ2v) is 8.08. The van der Waals surface area contributed by atoms with Crippen LogP contribution in [-0.2, 0) is 9.59 Å². The van der Waals surface area contributed by atoms with Gasteiger partial charge in [-0.05, 0) is 43.0 Å². The molecule has 4 rings (SSSR count). The van der Waals surface area contributed by atoms with E-state index >= 15 is 0 Å². The summed E-state index contributed by atoms with van der Waals surface area (Å²) < 4.78 is 37.6. The van der Waals surface area contributed by atoms with Crippen LogP contribution in [0.4, 0.5) is 19.0 Å². The molecule has 2 amide bonds. The number of carbonyl (C=O) groups excluding carboxylic acids is 2. The van der Waals surface area contributed by atoms with Crippen molar-refractivity contribution in [1.82, 2.24) is 20.3 Å². The average Bonchev–Trinajstić information content (AvgIpc) is 3.24. The molecule has 32 heavy (non-hydrogen) atoms. The minimum absolute atomic E-state index is 0.127. The molecule has 1 aliphatic rings. The first-order chi connectivity index (χ1) is 15.2. The fraction of sp³-hybridized carbons (Fsp3) is 0.333. The smallest absolute Gasteiger partial charge is 0.346 e. The molecule has 2 atom stereocenters. The molecule has 3 aromatic heterocycles. The van der Waals surface area contributed by atoms with Crippen LogP contribution in [0.25, 0.3) is 22.2 Å². The predicted octanol–water partition coefficient (Wildman–Crippen LogP) is 4.45. The molecule has 0 aromatic carbocycles. The van der Waals surface area contributed by atoms with Crippen LogP contribution < -0.4 is 10.6 Å². The third-order valence-corrected chi connectivity index (χ3v) is 5.80. The number of fused-ring (bicyclic) bond motifs is 1. The Kier molecular flexibility index (Phi) is 6.05. The topological polar surface area (TPSA) is 99.8 Å². The van der Waals surface area contributed by atoms with Crippen molar-refractivity contribution in [3.8, 4) is 11.1 Å². The van der Waals surface area contributed by atoms with E-state index in [-0.39, 0.29) is 18.1 Å². The maximum Gasteiger partial charge on any atom is 0.471 e. The number of anilines is 1. The molecule has 168 valence electrons. The molecule has 1 fully saturated rings. The number of rotatable bonds is 4. The van der Waals surface area contributed by atoms with Gasteiger partial charge in [-0.2, -0.15) is 13.2 Å². The summed E-state index contributed by atoms with van der Waals surface area (Å²) >= 11 is 6.35. The maximum absolute atomic E-state index is 12.8. The number of aromatic nitrogens is 3. The van der Waals surface area contributed by atoms with Crippen molar-refractivity contribution < 1.29 is 22.8 Å². The quantitative estimate of drug-likeness (QED) is 0.530. The molecule has 0 saturated heterocycles. The van der Waals surface area contributed by atoms with Crippen LogP contribution in [0.1, 0.15) is 25.7 Å². The van der Waals surface area contributed by atoms with E-state index in [1.807, 2.05) is 11.4 Å². The standard InChI is InChI=1S/C21H19ClF3N5O2/c22-16-10-28-17(9-15(16)13-4-6-26-18-14(13)5-7-27-18)30-19(31)11-2-1-3-12(8-11)29-20(32)21(23,24)25/h4-7,9-12H,1-3,8H2,(H,26,27)(H,29,32)(H,28,30,31)/t11-,12+/m0/s1. The summed E-state index contributed by atoms with van der Waals surface area (Å²) in [5.41, 5.74) is 2.16. The number of halogens is 4. The van der Waals surface area contributed by atoms with Crippen LogP contribution >= 0.6 is 11.6 Å². The van der Waals surface area contributed by atoms with Gasteiger partial charge in [0.1, 0.15) is 11.5 Å². The monoisotopic (exact) mass is 465 g/mol. The van der Waals surface area contributed by atoms with Gasteiger partial charge in [0.15, 0.2) is 0 Å². The molecular formula is C21H19ClF3N5O2. The Morgan fingerprint density at radius 3 is 2.75 bits per heavy atom. The molecule has 7 nitrogen and oxygen atoms in total. The molecule has 3 heterocycles. The SMILES string of the molecule is O=C(Nc1cc(-c2ccnc3[nH]ccc23)c(Cl)cn1)[C@H]1CCC[C@@H](NC(=O)C(F)(F)F)C1. The van der Waals surface area contributed by atoms with Gasteiger partial charge in [-0.25, -0.2) is 9.97 Å². The molecule has 3 aromatic rings. The summed E-state index contributed by atoms with van der Waals surface area (Å²) in [4.78, 5) is 35.4. The molecule has 3 N–H and O–H groups in total. The van der Waals surface area contributed by atoms with E-state index in [1.165, 1.54) is 6.20 Å². The Balaban J connectivity index is 1.49. The Labute approximate surface area is 185 Å². The van der Waals surface area contributed by atoms with Crippen LogP contribution in [-0.4, -0.2) is 39.0 Å². The van der Waals surface area contributed by atoms with Gasteiger partial charge in [-0.15, -0.1) is 0 Å². The van der Waals surface area contributed by atoms with E-state index in [1.54, 1.807) is 24.5 Å². The fourth-order valence-corrected chi connectivity index (χ4v) is 4.17. The van der Waals surface area contributed by atoms with Gasteiger partial charge in [0.25, 0.3) is 0 Å². The number of aromatic amines is 1. The van der Waals surface area contributed by atoms with E-state index in [2.05, 4.69) is 20.3 Å². The summed E-state index contributed by atoms with van der Waals surface area (Å²) in [6.07, 6.45) is 1.44. The summed E-state index contributed by atoms with van der Waals surface area (Å²) in [7, 11) is 0. The van der Waals surface area contributed by atoms with Gasteiger partial charge in [0.05, 0.1) is 5.02 Å². The molecular weight excluding hydrogens is 447 g/mol. The van der Waals surface area contributed by atoms with E-state index in [0.29, 0.717) is 35.5 Å². The van der Waals surface area contributed by atoms with Gasteiger partial charge in [0, 0.05) is 41.5 Å². The van der Waals surface area contributed by atoms with E-state index in [4.69, 9.17) is 11.6 Å². The largest absolute Gasteiger partial charge is 0.471 e. The molecule has 1 aliphatic carbocycles. The number of nitrogens with zero attached hydrogens (tertiary/aromatic N) is 2. The number of hydrogen-bond acceptors (Lipinski definition) is 4. The second-order valence-electron chi connectivity index (χ2n) is 7.67. The predicted molar refractivity (Wildman–Crippen MR) is 113 cm³/mol. The summed E-state index contributed by atoms with van der Waals surface area (Å²) in [5.74, 6) is -2.61. The van der Waals surface area contributed by atoms with Crippen molar-refractivity contribution >= 4 is 40.3 Å². The zero-order valence-electron chi connectivity index (χ0n) is 16.7. The van der Waals surface area contributed by atoms with Crippen LogP contribution in [0.15, 0.2) is 36.8 Å². The lowest BCUT2D eigenvalue weighted by molar-refractivity contribution is -0.174. The number of carbonyl (C=O) groups is 2. The lowest BCUT2D eigenvalue weighted by Crippen LogP contribution is -2.46. The number of amides is 2. The molecule has 0 unspecified atom stereocenters. The third-order valence-electron chi connectivity index (χ3n) is 5.49. The van der Waals surface area contributed by atoms with Gasteiger partial charge in [0.2, 0.25) is 5.91 Å². The molecule has 1 saturated carbocycles. The van der Waals surface area contributed by atoms with Gasteiger partial charge >= 0.3 is 12.1 Å². The van der Waals surface area contributed by atoms with Crippen molar-refractivity contribution in [2.45, 2.75) is 37.9 Å². The molecule has 0 radical (unpaired) electrons. The first kappa shape index (κ1) is 22.1. The molecule has 0 spiro atoms. The first-order valence-electron chi connectivity index (χ1n) is 9.99. The van der Waals surface area contributed by atoms with E-state index < -0.39 is 24.0 Å². The first-order valence-corrected chi connectivity index (χ1v) is 10.4. The lowest BCUT2D eigenvalue weighted by atomic mass is 9.85. The lowest BCUT2D eigenvalue weighted by Gasteiger charge is -2.29. The second kappa shape index (κ2) is 8.78. The Hall–Kier alpha value is -3.14.